The third-order valence-electron chi connectivity index (χ3n) is 4.69. The number of fused-ring (bicyclic) bond motifs is 1. The van der Waals surface area contributed by atoms with Gasteiger partial charge < -0.3 is 9.47 Å². The molecule has 1 aliphatic rings. The lowest BCUT2D eigenvalue weighted by Gasteiger charge is -2.19. The van der Waals surface area contributed by atoms with E-state index in [1.54, 1.807) is 4.68 Å². The van der Waals surface area contributed by atoms with E-state index >= 15 is 0 Å². The molecule has 5 nitrogen and oxygen atoms in total. The normalized spacial score (nSPS) is 13.9. The molecule has 0 fully saturated rings. The number of aromatic nitrogens is 3. The van der Waals surface area contributed by atoms with Crippen molar-refractivity contribution in [1.29, 1.82) is 0 Å². The van der Waals surface area contributed by atoms with Crippen LogP contribution < -0.4 is 0 Å². The van der Waals surface area contributed by atoms with Crippen molar-refractivity contribution in [2.45, 2.75) is 33.1 Å². The zero-order valence-corrected chi connectivity index (χ0v) is 14.8. The zero-order valence-electron chi connectivity index (χ0n) is 14.8. The standard InChI is InChI=1S/C19H17F3N4O/c1-12-5-6-16(13(2)9-12)26-17(24-7-3-4-8-24)14-10-25(11-15(14)23-26)18(27)19(20,21)22/h3-9H,10-11H2,1-2H3. The molecule has 4 rings (SSSR count). The molecule has 3 aromatic rings. The topological polar surface area (TPSA) is 43.1 Å². The molecule has 0 saturated carbocycles. The molecular weight excluding hydrogens is 357 g/mol. The molecule has 27 heavy (non-hydrogen) atoms. The Labute approximate surface area is 153 Å². The summed E-state index contributed by atoms with van der Waals surface area (Å²) in [4.78, 5) is 12.4. The summed E-state index contributed by atoms with van der Waals surface area (Å²) in [6, 6.07) is 9.60. The van der Waals surface area contributed by atoms with Gasteiger partial charge in [-0.25, -0.2) is 4.68 Å². The second kappa shape index (κ2) is 6.00. The molecule has 140 valence electrons. The van der Waals surface area contributed by atoms with Crippen LogP contribution in [0, 0.1) is 13.8 Å². The Bertz CT molecular complexity index is 1020. The molecule has 1 aliphatic heterocycles. The van der Waals surface area contributed by atoms with Gasteiger partial charge in [-0.1, -0.05) is 17.7 Å². The predicted molar refractivity (Wildman–Crippen MR) is 92.7 cm³/mol. The second-order valence-electron chi connectivity index (χ2n) is 6.70. The van der Waals surface area contributed by atoms with Crippen molar-refractivity contribution >= 4 is 5.91 Å². The van der Waals surface area contributed by atoms with Gasteiger partial charge >= 0.3 is 12.1 Å². The van der Waals surface area contributed by atoms with Crippen LogP contribution in [0.3, 0.4) is 0 Å². The number of halogens is 3. The maximum Gasteiger partial charge on any atom is 0.471 e. The number of aryl methyl sites for hydroxylation is 2. The summed E-state index contributed by atoms with van der Waals surface area (Å²) in [5, 5.41) is 4.56. The largest absolute Gasteiger partial charge is 0.471 e. The summed E-state index contributed by atoms with van der Waals surface area (Å²) in [6.07, 6.45) is -1.27. The predicted octanol–water partition coefficient (Wildman–Crippen LogP) is 3.68. The number of carbonyl (C=O) groups excluding carboxylic acids is 1. The molecule has 0 spiro atoms. The highest BCUT2D eigenvalue weighted by atomic mass is 19.4. The molecule has 1 amide bonds. The second-order valence-corrected chi connectivity index (χ2v) is 6.70. The lowest BCUT2D eigenvalue weighted by Crippen LogP contribution is -2.38. The van der Waals surface area contributed by atoms with Gasteiger partial charge in [-0.15, -0.1) is 0 Å². The van der Waals surface area contributed by atoms with Gasteiger partial charge in [0.25, 0.3) is 0 Å². The Hall–Kier alpha value is -3.03. The van der Waals surface area contributed by atoms with Crippen molar-refractivity contribution in [1.82, 2.24) is 19.2 Å². The van der Waals surface area contributed by atoms with Crippen LogP contribution in [0.25, 0.3) is 11.5 Å². The Morgan fingerprint density at radius 1 is 1.11 bits per heavy atom. The van der Waals surface area contributed by atoms with Crippen molar-refractivity contribution in [3.8, 4) is 11.5 Å². The summed E-state index contributed by atoms with van der Waals surface area (Å²) in [5.74, 6) is -1.18. The van der Waals surface area contributed by atoms with E-state index in [1.807, 2.05) is 61.1 Å². The Kier molecular flexibility index (Phi) is 3.87. The quantitative estimate of drug-likeness (QED) is 0.687. The summed E-state index contributed by atoms with van der Waals surface area (Å²) in [7, 11) is 0. The van der Waals surface area contributed by atoms with Gasteiger partial charge in [-0.05, 0) is 37.6 Å². The first-order chi connectivity index (χ1) is 12.8. The fourth-order valence-corrected chi connectivity index (χ4v) is 3.48. The van der Waals surface area contributed by atoms with Crippen LogP contribution in [0.2, 0.25) is 0 Å². The van der Waals surface area contributed by atoms with Gasteiger partial charge in [0.1, 0.15) is 5.82 Å². The highest BCUT2D eigenvalue weighted by Crippen LogP contribution is 2.33. The van der Waals surface area contributed by atoms with E-state index < -0.39 is 12.1 Å². The maximum absolute atomic E-state index is 12.8. The molecule has 0 bridgehead atoms. The van der Waals surface area contributed by atoms with E-state index in [2.05, 4.69) is 5.10 Å². The highest BCUT2D eigenvalue weighted by Gasteiger charge is 2.45. The number of alkyl halides is 3. The highest BCUT2D eigenvalue weighted by molar-refractivity contribution is 5.82. The number of nitrogens with zero attached hydrogens (tertiary/aromatic N) is 4. The van der Waals surface area contributed by atoms with Crippen LogP contribution in [0.1, 0.15) is 22.4 Å². The van der Waals surface area contributed by atoms with Gasteiger partial charge in [0.2, 0.25) is 0 Å². The lowest BCUT2D eigenvalue weighted by atomic mass is 10.1. The Morgan fingerprint density at radius 2 is 1.81 bits per heavy atom. The molecule has 0 aliphatic carbocycles. The average Bonchev–Trinajstić information content (AvgIpc) is 3.28. The number of rotatable bonds is 2. The summed E-state index contributed by atoms with van der Waals surface area (Å²) >= 11 is 0. The van der Waals surface area contributed by atoms with Gasteiger partial charge in [0, 0.05) is 18.0 Å². The molecular formula is C19H17F3N4O. The minimum absolute atomic E-state index is 0.119. The molecule has 0 N–H and O–H groups in total. The van der Waals surface area contributed by atoms with E-state index in [0.717, 1.165) is 21.7 Å². The molecule has 1 aromatic carbocycles. The smallest absolute Gasteiger partial charge is 0.324 e. The SMILES string of the molecule is Cc1ccc(-n2nc3c(c2-n2cccc2)CN(C(=O)C(F)(F)F)C3)c(C)c1. The first-order valence-electron chi connectivity index (χ1n) is 8.43. The molecule has 8 heteroatoms. The number of hydrogen-bond acceptors (Lipinski definition) is 2. The first kappa shape index (κ1) is 17.4. The van der Waals surface area contributed by atoms with E-state index in [0.29, 0.717) is 17.1 Å². The summed E-state index contributed by atoms with van der Waals surface area (Å²) < 4.78 is 42.0. The molecule has 3 heterocycles. The minimum Gasteiger partial charge on any atom is -0.324 e. The number of amides is 1. The van der Waals surface area contributed by atoms with Crippen molar-refractivity contribution in [2.75, 3.05) is 0 Å². The van der Waals surface area contributed by atoms with Gasteiger partial charge in [0.15, 0.2) is 0 Å². The van der Waals surface area contributed by atoms with E-state index in [-0.39, 0.29) is 13.1 Å². The minimum atomic E-state index is -4.89. The van der Waals surface area contributed by atoms with E-state index in [9.17, 15) is 18.0 Å². The van der Waals surface area contributed by atoms with Gasteiger partial charge in [0.05, 0.1) is 24.5 Å². The molecule has 0 radical (unpaired) electrons. The zero-order chi connectivity index (χ0) is 19.3. The van der Waals surface area contributed by atoms with Crippen molar-refractivity contribution in [3.05, 3.63) is 65.1 Å². The van der Waals surface area contributed by atoms with Gasteiger partial charge in [-0.3, -0.25) is 4.79 Å². The fraction of sp³-hybridized carbons (Fsp3) is 0.263. The number of carbonyl (C=O) groups is 1. The van der Waals surface area contributed by atoms with Gasteiger partial charge in [-0.2, -0.15) is 18.3 Å². The summed E-state index contributed by atoms with van der Waals surface area (Å²) in [5.41, 5.74) is 4.08. The summed E-state index contributed by atoms with van der Waals surface area (Å²) in [6.45, 7) is 3.69. The van der Waals surface area contributed by atoms with Crippen molar-refractivity contribution in [2.24, 2.45) is 0 Å². The van der Waals surface area contributed by atoms with E-state index in [4.69, 9.17) is 0 Å². The monoisotopic (exact) mass is 374 g/mol. The average molecular weight is 374 g/mol. The van der Waals surface area contributed by atoms with Crippen LogP contribution in [0.4, 0.5) is 13.2 Å². The molecule has 0 saturated heterocycles. The van der Waals surface area contributed by atoms with Crippen molar-refractivity contribution < 1.29 is 18.0 Å². The third-order valence-corrected chi connectivity index (χ3v) is 4.69. The van der Waals surface area contributed by atoms with Crippen LogP contribution in [0.15, 0.2) is 42.7 Å². The van der Waals surface area contributed by atoms with Crippen molar-refractivity contribution in [3.63, 3.8) is 0 Å². The van der Waals surface area contributed by atoms with E-state index in [1.165, 1.54) is 0 Å². The first-order valence-corrected chi connectivity index (χ1v) is 8.43. The fourth-order valence-electron chi connectivity index (χ4n) is 3.48. The third kappa shape index (κ3) is 2.90. The molecule has 0 atom stereocenters. The maximum atomic E-state index is 12.8. The Morgan fingerprint density at radius 3 is 2.44 bits per heavy atom. The van der Waals surface area contributed by atoms with Crippen LogP contribution in [-0.2, 0) is 17.9 Å². The molecule has 0 unspecified atom stereocenters. The van der Waals surface area contributed by atoms with Crippen LogP contribution in [-0.4, -0.2) is 31.3 Å². The van der Waals surface area contributed by atoms with Crippen LogP contribution in [0.5, 0.6) is 0 Å². The Balaban J connectivity index is 1.82. The number of hydrogen-bond donors (Lipinski definition) is 0. The number of benzene rings is 1. The lowest BCUT2D eigenvalue weighted by molar-refractivity contribution is -0.186. The molecule has 2 aromatic heterocycles. The van der Waals surface area contributed by atoms with Crippen LogP contribution >= 0.6 is 0 Å².